The SMILES string of the molecule is CNc1c(COC2CCCCC2)cccc1[N+](=O)[O-]. The molecule has 0 aliphatic heterocycles. The highest BCUT2D eigenvalue weighted by Crippen LogP contribution is 2.29. The number of nitro benzene ring substituents is 1. The van der Waals surface area contributed by atoms with E-state index in [4.69, 9.17) is 4.74 Å². The maximum absolute atomic E-state index is 11.0. The standard InChI is InChI=1S/C14H20N2O3/c1-15-14-11(6-5-9-13(14)16(17)18)10-19-12-7-3-2-4-8-12/h5-6,9,12,15H,2-4,7-8,10H2,1H3. The molecule has 1 N–H and O–H groups in total. The fourth-order valence-corrected chi connectivity index (χ4v) is 2.59. The molecule has 19 heavy (non-hydrogen) atoms. The zero-order valence-electron chi connectivity index (χ0n) is 11.2. The highest BCUT2D eigenvalue weighted by atomic mass is 16.6. The van der Waals surface area contributed by atoms with E-state index in [0.717, 1.165) is 18.4 Å². The van der Waals surface area contributed by atoms with Gasteiger partial charge < -0.3 is 10.1 Å². The summed E-state index contributed by atoms with van der Waals surface area (Å²) in [5.41, 5.74) is 1.51. The Labute approximate surface area is 113 Å². The Balaban J connectivity index is 2.06. The quantitative estimate of drug-likeness (QED) is 0.653. The number of nitro groups is 1. The van der Waals surface area contributed by atoms with Gasteiger partial charge in [-0.2, -0.15) is 0 Å². The second-order valence-electron chi connectivity index (χ2n) is 4.89. The average Bonchev–Trinajstić information content (AvgIpc) is 2.45. The summed E-state index contributed by atoms with van der Waals surface area (Å²) in [6.07, 6.45) is 6.24. The zero-order chi connectivity index (χ0) is 13.7. The molecular formula is C14H20N2O3. The van der Waals surface area contributed by atoms with E-state index >= 15 is 0 Å². The Morgan fingerprint density at radius 2 is 2.11 bits per heavy atom. The van der Waals surface area contributed by atoms with Gasteiger partial charge in [0.2, 0.25) is 0 Å². The molecule has 1 aromatic carbocycles. The fourth-order valence-electron chi connectivity index (χ4n) is 2.59. The Morgan fingerprint density at radius 3 is 2.74 bits per heavy atom. The Bertz CT molecular complexity index is 442. The van der Waals surface area contributed by atoms with E-state index in [-0.39, 0.29) is 10.6 Å². The molecular weight excluding hydrogens is 244 g/mol. The molecule has 2 rings (SSSR count). The Hall–Kier alpha value is -1.62. The van der Waals surface area contributed by atoms with E-state index in [1.54, 1.807) is 13.1 Å². The van der Waals surface area contributed by atoms with Gasteiger partial charge in [-0.3, -0.25) is 10.1 Å². The highest BCUT2D eigenvalue weighted by molar-refractivity contribution is 5.65. The van der Waals surface area contributed by atoms with E-state index in [1.807, 2.05) is 6.07 Å². The summed E-state index contributed by atoms with van der Waals surface area (Å²) in [4.78, 5) is 10.6. The minimum Gasteiger partial charge on any atom is -0.382 e. The average molecular weight is 264 g/mol. The van der Waals surface area contributed by atoms with Crippen molar-refractivity contribution in [2.45, 2.75) is 44.8 Å². The third-order valence-electron chi connectivity index (χ3n) is 3.60. The summed E-state index contributed by atoms with van der Waals surface area (Å²) in [7, 11) is 1.70. The number of nitrogens with one attached hydrogen (secondary N) is 1. The monoisotopic (exact) mass is 264 g/mol. The molecule has 1 fully saturated rings. The number of rotatable bonds is 5. The first-order chi connectivity index (χ1) is 9.22. The first-order valence-electron chi connectivity index (χ1n) is 6.78. The number of nitrogens with zero attached hydrogens (tertiary/aromatic N) is 1. The largest absolute Gasteiger partial charge is 0.382 e. The third-order valence-corrected chi connectivity index (χ3v) is 3.60. The van der Waals surface area contributed by atoms with Crippen LogP contribution in [0.15, 0.2) is 18.2 Å². The number of para-hydroxylation sites is 1. The minimum atomic E-state index is -0.365. The lowest BCUT2D eigenvalue weighted by molar-refractivity contribution is -0.384. The second-order valence-corrected chi connectivity index (χ2v) is 4.89. The van der Waals surface area contributed by atoms with Crippen LogP contribution in [0, 0.1) is 10.1 Å². The van der Waals surface area contributed by atoms with Crippen LogP contribution in [0.3, 0.4) is 0 Å². The molecule has 5 heteroatoms. The van der Waals surface area contributed by atoms with Crippen molar-refractivity contribution < 1.29 is 9.66 Å². The summed E-state index contributed by atoms with van der Waals surface area (Å²) in [5, 5.41) is 13.9. The molecule has 0 spiro atoms. The summed E-state index contributed by atoms with van der Waals surface area (Å²) in [6, 6.07) is 5.09. The van der Waals surface area contributed by atoms with Crippen molar-refractivity contribution in [3.05, 3.63) is 33.9 Å². The van der Waals surface area contributed by atoms with Crippen LogP contribution in [-0.2, 0) is 11.3 Å². The molecule has 104 valence electrons. The van der Waals surface area contributed by atoms with Crippen molar-refractivity contribution in [3.8, 4) is 0 Å². The molecule has 0 bridgehead atoms. The van der Waals surface area contributed by atoms with Crippen molar-refractivity contribution in [1.29, 1.82) is 0 Å². The maximum atomic E-state index is 11.0. The highest BCUT2D eigenvalue weighted by Gasteiger charge is 2.18. The number of benzene rings is 1. The summed E-state index contributed by atoms with van der Waals surface area (Å²) in [6.45, 7) is 0.433. The number of hydrogen-bond donors (Lipinski definition) is 1. The Kier molecular flexibility index (Phi) is 4.74. The van der Waals surface area contributed by atoms with Crippen LogP contribution in [0.5, 0.6) is 0 Å². The van der Waals surface area contributed by atoms with Crippen molar-refractivity contribution in [3.63, 3.8) is 0 Å². The lowest BCUT2D eigenvalue weighted by Crippen LogP contribution is -2.16. The van der Waals surface area contributed by atoms with Crippen LogP contribution in [0.4, 0.5) is 11.4 Å². The van der Waals surface area contributed by atoms with Crippen LogP contribution in [-0.4, -0.2) is 18.1 Å². The van der Waals surface area contributed by atoms with Crippen LogP contribution in [0.2, 0.25) is 0 Å². The molecule has 0 aromatic heterocycles. The van der Waals surface area contributed by atoms with E-state index in [2.05, 4.69) is 5.32 Å². The van der Waals surface area contributed by atoms with Crippen LogP contribution in [0.1, 0.15) is 37.7 Å². The van der Waals surface area contributed by atoms with Gasteiger partial charge in [-0.15, -0.1) is 0 Å². The third kappa shape index (κ3) is 3.44. The predicted molar refractivity (Wildman–Crippen MR) is 74.3 cm³/mol. The molecule has 0 amide bonds. The summed E-state index contributed by atoms with van der Waals surface area (Å²) >= 11 is 0. The number of ether oxygens (including phenoxy) is 1. The molecule has 0 saturated heterocycles. The van der Waals surface area contributed by atoms with Gasteiger partial charge >= 0.3 is 0 Å². The van der Waals surface area contributed by atoms with Gasteiger partial charge in [-0.25, -0.2) is 0 Å². The molecule has 0 unspecified atom stereocenters. The van der Waals surface area contributed by atoms with E-state index in [9.17, 15) is 10.1 Å². The van der Waals surface area contributed by atoms with Gasteiger partial charge in [0.25, 0.3) is 5.69 Å². The second kappa shape index (κ2) is 6.52. The lowest BCUT2D eigenvalue weighted by atomic mass is 9.98. The Morgan fingerprint density at radius 1 is 1.37 bits per heavy atom. The van der Waals surface area contributed by atoms with Crippen molar-refractivity contribution in [2.24, 2.45) is 0 Å². The maximum Gasteiger partial charge on any atom is 0.292 e. The van der Waals surface area contributed by atoms with Gasteiger partial charge in [0.1, 0.15) is 5.69 Å². The van der Waals surface area contributed by atoms with Crippen LogP contribution in [0.25, 0.3) is 0 Å². The fraction of sp³-hybridized carbons (Fsp3) is 0.571. The normalized spacial score (nSPS) is 16.3. The first kappa shape index (κ1) is 13.8. The van der Waals surface area contributed by atoms with E-state index in [1.165, 1.54) is 25.3 Å². The first-order valence-corrected chi connectivity index (χ1v) is 6.78. The van der Waals surface area contributed by atoms with E-state index in [0.29, 0.717) is 18.4 Å². The molecule has 5 nitrogen and oxygen atoms in total. The number of anilines is 1. The van der Waals surface area contributed by atoms with E-state index < -0.39 is 0 Å². The van der Waals surface area contributed by atoms with Crippen molar-refractivity contribution >= 4 is 11.4 Å². The summed E-state index contributed by atoms with van der Waals surface area (Å²) < 4.78 is 5.88. The van der Waals surface area contributed by atoms with Crippen molar-refractivity contribution in [1.82, 2.24) is 0 Å². The smallest absolute Gasteiger partial charge is 0.292 e. The van der Waals surface area contributed by atoms with Gasteiger partial charge in [-0.1, -0.05) is 31.4 Å². The summed E-state index contributed by atoms with van der Waals surface area (Å²) in [5.74, 6) is 0. The van der Waals surface area contributed by atoms with Crippen LogP contribution < -0.4 is 5.32 Å². The molecule has 1 saturated carbocycles. The predicted octanol–water partition coefficient (Wildman–Crippen LogP) is 3.49. The topological polar surface area (TPSA) is 64.4 Å². The van der Waals surface area contributed by atoms with Gasteiger partial charge in [0.15, 0.2) is 0 Å². The molecule has 1 aromatic rings. The molecule has 1 aliphatic carbocycles. The molecule has 0 atom stereocenters. The molecule has 1 aliphatic rings. The molecule has 0 radical (unpaired) electrons. The lowest BCUT2D eigenvalue weighted by Gasteiger charge is -2.22. The molecule has 0 heterocycles. The minimum absolute atomic E-state index is 0.104. The number of hydrogen-bond acceptors (Lipinski definition) is 4. The zero-order valence-corrected chi connectivity index (χ0v) is 11.2. The van der Waals surface area contributed by atoms with Crippen LogP contribution >= 0.6 is 0 Å². The van der Waals surface area contributed by atoms with Gasteiger partial charge in [-0.05, 0) is 12.8 Å². The van der Waals surface area contributed by atoms with Crippen molar-refractivity contribution in [2.75, 3.05) is 12.4 Å². The van der Waals surface area contributed by atoms with Gasteiger partial charge in [0, 0.05) is 18.7 Å². The van der Waals surface area contributed by atoms with Gasteiger partial charge in [0.05, 0.1) is 17.6 Å².